The molecule has 1 amide bonds. The summed E-state index contributed by atoms with van der Waals surface area (Å²) in [5.41, 5.74) is 12.0. The van der Waals surface area contributed by atoms with Crippen LogP contribution in [0.1, 0.15) is 79.7 Å². The normalized spacial score (nSPS) is 13.9. The number of fused-ring (bicyclic) bond motifs is 2. The molecule has 3 aromatic carbocycles. The lowest BCUT2D eigenvalue weighted by atomic mass is 9.83. The smallest absolute Gasteiger partial charge is 0.304 e. The van der Waals surface area contributed by atoms with Gasteiger partial charge in [0.05, 0.1) is 11.9 Å². The van der Waals surface area contributed by atoms with Crippen molar-refractivity contribution in [3.8, 4) is 0 Å². The average molecular weight is 525 g/mol. The molecule has 202 valence electrons. The minimum absolute atomic E-state index is 0.0311. The highest BCUT2D eigenvalue weighted by Crippen LogP contribution is 2.35. The second kappa shape index (κ2) is 10.3. The van der Waals surface area contributed by atoms with E-state index in [1.165, 1.54) is 5.56 Å². The first-order valence-corrected chi connectivity index (χ1v) is 13.6. The van der Waals surface area contributed by atoms with E-state index in [9.17, 15) is 14.7 Å². The van der Waals surface area contributed by atoms with Crippen molar-refractivity contribution < 1.29 is 14.7 Å². The Morgan fingerprint density at radius 1 is 0.949 bits per heavy atom. The fraction of sp³-hybridized carbons (Fsp3) is 0.375. The van der Waals surface area contributed by atoms with E-state index in [1.54, 1.807) is 0 Å². The van der Waals surface area contributed by atoms with E-state index in [1.807, 2.05) is 49.4 Å². The van der Waals surface area contributed by atoms with Crippen molar-refractivity contribution in [3.05, 3.63) is 92.0 Å². The van der Waals surface area contributed by atoms with Gasteiger partial charge >= 0.3 is 5.97 Å². The molecule has 0 bridgehead atoms. The lowest BCUT2D eigenvalue weighted by Gasteiger charge is -2.31. The molecule has 1 aromatic heterocycles. The predicted octanol–water partition coefficient (Wildman–Crippen LogP) is 5.80. The number of carboxylic acid groups (broad SMARTS) is 1. The number of nitrogens with zero attached hydrogens (tertiary/aromatic N) is 4. The van der Waals surface area contributed by atoms with Crippen LogP contribution in [0, 0.1) is 34.6 Å². The Labute approximate surface area is 229 Å². The average Bonchev–Trinajstić information content (AvgIpc) is 3.34. The summed E-state index contributed by atoms with van der Waals surface area (Å²) in [5.74, 6) is -1.12. The number of benzene rings is 3. The molecular formula is C32H36N4O3. The third-order valence-electron chi connectivity index (χ3n) is 8.55. The monoisotopic (exact) mass is 524 g/mol. The van der Waals surface area contributed by atoms with Crippen LogP contribution in [0.4, 0.5) is 0 Å². The summed E-state index contributed by atoms with van der Waals surface area (Å²) in [6, 6.07) is 12.4. The van der Waals surface area contributed by atoms with Gasteiger partial charge in [0, 0.05) is 31.1 Å². The molecule has 5 rings (SSSR count). The van der Waals surface area contributed by atoms with E-state index in [0.717, 1.165) is 74.1 Å². The largest absolute Gasteiger partial charge is 0.481 e. The molecule has 1 aliphatic rings. The maximum Gasteiger partial charge on any atom is 0.304 e. The van der Waals surface area contributed by atoms with Gasteiger partial charge < -0.3 is 10.0 Å². The van der Waals surface area contributed by atoms with Crippen LogP contribution >= 0.6 is 0 Å². The summed E-state index contributed by atoms with van der Waals surface area (Å²) < 4.78 is 1.85. The molecule has 0 saturated heterocycles. The zero-order valence-corrected chi connectivity index (χ0v) is 23.6. The van der Waals surface area contributed by atoms with Crippen LogP contribution in [0.3, 0.4) is 0 Å². The van der Waals surface area contributed by atoms with Crippen LogP contribution < -0.4 is 0 Å². The van der Waals surface area contributed by atoms with Gasteiger partial charge in [-0.2, -0.15) is 0 Å². The van der Waals surface area contributed by atoms with Crippen LogP contribution in [0.2, 0.25) is 0 Å². The number of carboxylic acids is 1. The second-order valence-corrected chi connectivity index (χ2v) is 10.8. The quantitative estimate of drug-likeness (QED) is 0.344. The first-order chi connectivity index (χ1) is 18.6. The summed E-state index contributed by atoms with van der Waals surface area (Å²) in [4.78, 5) is 27.7. The number of carbonyl (C=O) groups excluding carboxylic acids is 1. The SMILES string of the molecule is CCn1nnc2c(C)c([C@@H](CC(=O)O)c3ccc4c(c3)CN(C(=O)c3c(C)c(C)cc(C)c3C)CC4)ccc21. The van der Waals surface area contributed by atoms with E-state index < -0.39 is 5.97 Å². The van der Waals surface area contributed by atoms with Crippen molar-refractivity contribution in [1.82, 2.24) is 19.9 Å². The zero-order chi connectivity index (χ0) is 28.0. The molecule has 7 heteroatoms. The van der Waals surface area contributed by atoms with E-state index in [2.05, 4.69) is 48.4 Å². The number of aromatic nitrogens is 3. The number of rotatable bonds is 6. The molecule has 1 aliphatic heterocycles. The van der Waals surface area contributed by atoms with Crippen LogP contribution in [0.5, 0.6) is 0 Å². The molecule has 2 heterocycles. The Balaban J connectivity index is 1.51. The zero-order valence-electron chi connectivity index (χ0n) is 23.6. The molecule has 0 radical (unpaired) electrons. The molecule has 0 aliphatic carbocycles. The third kappa shape index (κ3) is 4.71. The van der Waals surface area contributed by atoms with E-state index in [-0.39, 0.29) is 18.2 Å². The van der Waals surface area contributed by atoms with Gasteiger partial charge in [0.2, 0.25) is 0 Å². The van der Waals surface area contributed by atoms with Gasteiger partial charge in [-0.25, -0.2) is 4.68 Å². The molecule has 0 spiro atoms. The highest BCUT2D eigenvalue weighted by molar-refractivity contribution is 5.98. The number of carbonyl (C=O) groups is 2. The van der Waals surface area contributed by atoms with Gasteiger partial charge in [0.1, 0.15) is 5.52 Å². The number of hydrogen-bond donors (Lipinski definition) is 1. The van der Waals surface area contributed by atoms with E-state index >= 15 is 0 Å². The second-order valence-electron chi connectivity index (χ2n) is 10.8. The molecule has 7 nitrogen and oxygen atoms in total. The first-order valence-electron chi connectivity index (χ1n) is 13.6. The minimum atomic E-state index is -0.855. The van der Waals surface area contributed by atoms with Gasteiger partial charge in [-0.1, -0.05) is 35.5 Å². The Bertz CT molecular complexity index is 1590. The number of aliphatic carboxylic acids is 1. The Morgan fingerprint density at radius 2 is 1.67 bits per heavy atom. The molecule has 0 saturated carbocycles. The van der Waals surface area contributed by atoms with Gasteiger partial charge in [-0.05, 0) is 104 Å². The van der Waals surface area contributed by atoms with Crippen molar-refractivity contribution in [2.45, 2.75) is 73.4 Å². The summed E-state index contributed by atoms with van der Waals surface area (Å²) in [6.45, 7) is 14.1. The molecule has 0 fully saturated rings. The number of amides is 1. The molecule has 0 unspecified atom stereocenters. The highest BCUT2D eigenvalue weighted by atomic mass is 16.4. The van der Waals surface area contributed by atoms with Crippen LogP contribution in [-0.4, -0.2) is 43.4 Å². The van der Waals surface area contributed by atoms with Gasteiger partial charge in [0.15, 0.2) is 0 Å². The summed E-state index contributed by atoms with van der Waals surface area (Å²) in [6.07, 6.45) is 0.746. The summed E-state index contributed by atoms with van der Waals surface area (Å²) in [7, 11) is 0. The minimum Gasteiger partial charge on any atom is -0.481 e. The first kappa shape index (κ1) is 26.6. The highest BCUT2D eigenvalue weighted by Gasteiger charge is 2.28. The Hall–Kier alpha value is -4.00. The lowest BCUT2D eigenvalue weighted by Crippen LogP contribution is -2.37. The predicted molar refractivity (Wildman–Crippen MR) is 152 cm³/mol. The molecular weight excluding hydrogens is 488 g/mol. The maximum absolute atomic E-state index is 13.8. The third-order valence-corrected chi connectivity index (χ3v) is 8.55. The fourth-order valence-electron chi connectivity index (χ4n) is 6.04. The van der Waals surface area contributed by atoms with Crippen LogP contribution in [0.25, 0.3) is 11.0 Å². The number of hydrogen-bond acceptors (Lipinski definition) is 4. The van der Waals surface area contributed by atoms with Crippen molar-refractivity contribution in [2.75, 3.05) is 6.54 Å². The van der Waals surface area contributed by atoms with Crippen LogP contribution in [-0.2, 0) is 24.3 Å². The van der Waals surface area contributed by atoms with E-state index in [0.29, 0.717) is 13.1 Å². The molecule has 39 heavy (non-hydrogen) atoms. The van der Waals surface area contributed by atoms with Crippen molar-refractivity contribution >= 4 is 22.9 Å². The van der Waals surface area contributed by atoms with Crippen molar-refractivity contribution in [2.24, 2.45) is 0 Å². The number of aryl methyl sites for hydroxylation is 4. The topological polar surface area (TPSA) is 88.3 Å². The van der Waals surface area contributed by atoms with E-state index in [4.69, 9.17) is 0 Å². The summed E-state index contributed by atoms with van der Waals surface area (Å²) in [5, 5.41) is 18.5. The van der Waals surface area contributed by atoms with Crippen molar-refractivity contribution in [1.29, 1.82) is 0 Å². The fourth-order valence-corrected chi connectivity index (χ4v) is 6.04. The standard InChI is InChI=1S/C32H36N4O3/c1-7-36-28-11-10-26(22(6)31(28)33-34-36)27(16-29(37)38)24-9-8-23-12-13-35(17-25(23)15-24)32(39)30-20(4)18(2)14-19(3)21(30)5/h8-11,14-15,27H,7,12-13,16-17H2,1-6H3,(H,37,38)/t27-/m0/s1. The molecule has 4 aromatic rings. The molecule has 1 N–H and O–H groups in total. The van der Waals surface area contributed by atoms with Crippen molar-refractivity contribution in [3.63, 3.8) is 0 Å². The van der Waals surface area contributed by atoms with Gasteiger partial charge in [-0.3, -0.25) is 9.59 Å². The van der Waals surface area contributed by atoms with Gasteiger partial charge in [-0.15, -0.1) is 5.10 Å². The maximum atomic E-state index is 13.8. The Morgan fingerprint density at radius 3 is 2.33 bits per heavy atom. The van der Waals surface area contributed by atoms with Crippen LogP contribution in [0.15, 0.2) is 36.4 Å². The molecule has 1 atom stereocenters. The summed E-state index contributed by atoms with van der Waals surface area (Å²) >= 11 is 0. The Kier molecular flexibility index (Phi) is 7.02. The van der Waals surface area contributed by atoms with Gasteiger partial charge in [0.25, 0.3) is 5.91 Å². The lowest BCUT2D eigenvalue weighted by molar-refractivity contribution is -0.137.